The fraction of sp³-hybridized carbons (Fsp3) is 0.500. The minimum absolute atomic E-state index is 0.107. The fourth-order valence-corrected chi connectivity index (χ4v) is 2.85. The molecule has 2 rings (SSSR count). The molecule has 2 nitrogen and oxygen atoms in total. The molecule has 1 aliphatic rings. The molecule has 1 fully saturated rings. The van der Waals surface area contributed by atoms with Crippen molar-refractivity contribution in [1.29, 1.82) is 5.26 Å². The summed E-state index contributed by atoms with van der Waals surface area (Å²) in [5, 5.41) is 8.85. The Morgan fingerprint density at radius 2 is 1.83 bits per heavy atom. The lowest BCUT2D eigenvalue weighted by atomic mass is 9.69. The maximum Gasteiger partial charge on any atom is 0.143 e. The molecule has 2 N–H and O–H groups in total. The largest absolute Gasteiger partial charge is 0.330 e. The minimum atomic E-state index is -0.804. The van der Waals surface area contributed by atoms with Crippen molar-refractivity contribution >= 4 is 0 Å². The minimum Gasteiger partial charge on any atom is -0.330 e. The Bertz CT molecular complexity index is 485. The molecule has 0 atom stereocenters. The summed E-state index contributed by atoms with van der Waals surface area (Å²) in [5.74, 6) is -1.39. The molecule has 0 aromatic heterocycles. The number of nitrogens with zero attached hydrogens (tertiary/aromatic N) is 1. The summed E-state index contributed by atoms with van der Waals surface area (Å²) in [6.45, 7) is 0.334. The van der Waals surface area contributed by atoms with Gasteiger partial charge in [-0.15, -0.1) is 0 Å². The van der Waals surface area contributed by atoms with Crippen molar-refractivity contribution in [3.05, 3.63) is 34.9 Å². The van der Waals surface area contributed by atoms with Crippen molar-refractivity contribution in [3.63, 3.8) is 0 Å². The molecular weight excluding hydrogens is 234 g/mol. The van der Waals surface area contributed by atoms with Crippen LogP contribution in [0.25, 0.3) is 0 Å². The van der Waals surface area contributed by atoms with Crippen LogP contribution in [0.4, 0.5) is 8.78 Å². The summed E-state index contributed by atoms with van der Waals surface area (Å²) in [6.07, 6.45) is 4.72. The fourth-order valence-electron chi connectivity index (χ4n) is 2.85. The summed E-state index contributed by atoms with van der Waals surface area (Å²) in [6, 6.07) is 3.90. The second-order valence-electron chi connectivity index (χ2n) is 4.97. The summed E-state index contributed by atoms with van der Waals surface area (Å²) in [7, 11) is 0. The highest BCUT2D eigenvalue weighted by Gasteiger charge is 2.35. The van der Waals surface area contributed by atoms with E-state index in [1.54, 1.807) is 6.07 Å². The molecule has 1 aromatic carbocycles. The summed E-state index contributed by atoms with van der Waals surface area (Å²) in [5.41, 5.74) is 5.70. The number of hydrogen-bond donors (Lipinski definition) is 1. The molecule has 1 saturated carbocycles. The zero-order valence-electron chi connectivity index (χ0n) is 10.2. The van der Waals surface area contributed by atoms with Crippen molar-refractivity contribution in [2.24, 2.45) is 5.73 Å². The molecule has 18 heavy (non-hydrogen) atoms. The van der Waals surface area contributed by atoms with E-state index in [9.17, 15) is 8.78 Å². The normalized spacial score (nSPS) is 18.3. The van der Waals surface area contributed by atoms with Crippen LogP contribution in [0.15, 0.2) is 12.1 Å². The Kier molecular flexibility index (Phi) is 3.63. The zero-order chi connectivity index (χ0) is 13.2. The number of hydrogen-bond acceptors (Lipinski definition) is 2. The van der Waals surface area contributed by atoms with E-state index in [0.29, 0.717) is 12.1 Å². The van der Waals surface area contributed by atoms with Gasteiger partial charge in [-0.25, -0.2) is 8.78 Å². The molecule has 4 heteroatoms. The lowest BCUT2D eigenvalue weighted by molar-refractivity contribution is 0.291. The first-order valence-corrected chi connectivity index (χ1v) is 6.23. The Morgan fingerprint density at radius 1 is 1.17 bits per heavy atom. The Morgan fingerprint density at radius 3 is 2.39 bits per heavy atom. The van der Waals surface area contributed by atoms with E-state index >= 15 is 0 Å². The van der Waals surface area contributed by atoms with Gasteiger partial charge in [0.15, 0.2) is 0 Å². The molecule has 0 unspecified atom stereocenters. The highest BCUT2D eigenvalue weighted by molar-refractivity contribution is 5.39. The van der Waals surface area contributed by atoms with Gasteiger partial charge < -0.3 is 5.73 Å². The Balaban J connectivity index is 2.51. The van der Waals surface area contributed by atoms with E-state index in [1.165, 1.54) is 6.07 Å². The van der Waals surface area contributed by atoms with Crippen molar-refractivity contribution in [3.8, 4) is 6.07 Å². The second-order valence-corrected chi connectivity index (χ2v) is 4.97. The van der Waals surface area contributed by atoms with Crippen LogP contribution >= 0.6 is 0 Å². The molecule has 0 saturated heterocycles. The molecule has 0 aliphatic heterocycles. The second kappa shape index (κ2) is 5.03. The first-order chi connectivity index (χ1) is 8.63. The molecule has 96 valence electrons. The topological polar surface area (TPSA) is 49.8 Å². The molecule has 0 heterocycles. The van der Waals surface area contributed by atoms with E-state index in [-0.39, 0.29) is 5.56 Å². The van der Waals surface area contributed by atoms with Gasteiger partial charge in [0.25, 0.3) is 0 Å². The Hall–Kier alpha value is -1.47. The van der Waals surface area contributed by atoms with Crippen molar-refractivity contribution in [1.82, 2.24) is 0 Å². The maximum atomic E-state index is 14.0. The molecule has 0 radical (unpaired) electrons. The number of rotatable bonds is 2. The molecule has 1 aromatic rings. The molecule has 0 bridgehead atoms. The lowest BCUT2D eigenvalue weighted by Gasteiger charge is -2.37. The SMILES string of the molecule is N#Cc1cc(C2(CN)CCCCC2)c(F)cc1F. The van der Waals surface area contributed by atoms with Gasteiger partial charge in [-0.2, -0.15) is 5.26 Å². The van der Waals surface area contributed by atoms with E-state index in [0.717, 1.165) is 38.2 Å². The van der Waals surface area contributed by atoms with E-state index in [2.05, 4.69) is 0 Å². The first-order valence-electron chi connectivity index (χ1n) is 6.23. The summed E-state index contributed by atoms with van der Waals surface area (Å²) in [4.78, 5) is 0. The quantitative estimate of drug-likeness (QED) is 0.877. The first kappa shape index (κ1) is 13.0. The lowest BCUT2D eigenvalue weighted by Crippen LogP contribution is -2.38. The van der Waals surface area contributed by atoms with Crippen molar-refractivity contribution in [2.75, 3.05) is 6.54 Å². The van der Waals surface area contributed by atoms with Gasteiger partial charge in [0.2, 0.25) is 0 Å². The molecular formula is C14H16F2N2. The van der Waals surface area contributed by atoms with Gasteiger partial charge in [-0.05, 0) is 24.5 Å². The third-order valence-corrected chi connectivity index (χ3v) is 3.95. The van der Waals surface area contributed by atoms with Crippen LogP contribution in [0.1, 0.15) is 43.2 Å². The average molecular weight is 250 g/mol. The van der Waals surface area contributed by atoms with Crippen LogP contribution in [-0.2, 0) is 5.41 Å². The van der Waals surface area contributed by atoms with Gasteiger partial charge >= 0.3 is 0 Å². The third kappa shape index (κ3) is 2.11. The van der Waals surface area contributed by atoms with Crippen LogP contribution < -0.4 is 5.73 Å². The highest BCUT2D eigenvalue weighted by Crippen LogP contribution is 2.40. The number of halogens is 2. The van der Waals surface area contributed by atoms with Gasteiger partial charge in [-0.3, -0.25) is 0 Å². The predicted molar refractivity (Wildman–Crippen MR) is 64.9 cm³/mol. The van der Waals surface area contributed by atoms with Gasteiger partial charge in [0.1, 0.15) is 17.7 Å². The van der Waals surface area contributed by atoms with Crippen LogP contribution in [-0.4, -0.2) is 6.54 Å². The number of benzene rings is 1. The molecule has 0 amide bonds. The van der Waals surface area contributed by atoms with Crippen molar-refractivity contribution < 1.29 is 8.78 Å². The van der Waals surface area contributed by atoms with Gasteiger partial charge in [0, 0.05) is 18.0 Å². The Labute approximate surface area is 105 Å². The predicted octanol–water partition coefficient (Wildman–Crippen LogP) is 3.00. The monoisotopic (exact) mass is 250 g/mol. The van der Waals surface area contributed by atoms with Crippen LogP contribution in [0.2, 0.25) is 0 Å². The molecule has 0 spiro atoms. The highest BCUT2D eigenvalue weighted by atomic mass is 19.1. The van der Waals surface area contributed by atoms with Gasteiger partial charge in [-0.1, -0.05) is 19.3 Å². The summed E-state index contributed by atoms with van der Waals surface area (Å²) >= 11 is 0. The average Bonchev–Trinajstić information content (AvgIpc) is 2.39. The number of nitriles is 1. The summed E-state index contributed by atoms with van der Waals surface area (Å²) < 4.78 is 27.3. The van der Waals surface area contributed by atoms with E-state index < -0.39 is 17.0 Å². The van der Waals surface area contributed by atoms with E-state index in [4.69, 9.17) is 11.0 Å². The third-order valence-electron chi connectivity index (χ3n) is 3.95. The standard InChI is InChI=1S/C14H16F2N2/c15-12-7-13(16)11(6-10(12)8-17)14(9-18)4-2-1-3-5-14/h6-7H,1-5,9,18H2. The number of nitrogens with two attached hydrogens (primary N) is 1. The van der Waals surface area contributed by atoms with Crippen LogP contribution in [0.3, 0.4) is 0 Å². The van der Waals surface area contributed by atoms with E-state index in [1.807, 2.05) is 0 Å². The zero-order valence-corrected chi connectivity index (χ0v) is 10.2. The molecule has 1 aliphatic carbocycles. The smallest absolute Gasteiger partial charge is 0.143 e. The van der Waals surface area contributed by atoms with Crippen LogP contribution in [0.5, 0.6) is 0 Å². The maximum absolute atomic E-state index is 14.0. The van der Waals surface area contributed by atoms with Crippen LogP contribution in [0, 0.1) is 23.0 Å². The van der Waals surface area contributed by atoms with Gasteiger partial charge in [0.05, 0.1) is 5.56 Å². The van der Waals surface area contributed by atoms with Crippen molar-refractivity contribution in [2.45, 2.75) is 37.5 Å².